The SMILES string of the molecule is CC(CC(=O)N1CC(C)OCC1c1ccccc1)NC(=O)C1CCCC1. The molecule has 1 aromatic rings. The van der Waals surface area contributed by atoms with Crippen LogP contribution in [0.5, 0.6) is 0 Å². The van der Waals surface area contributed by atoms with Crippen molar-refractivity contribution in [2.24, 2.45) is 5.92 Å². The number of carbonyl (C=O) groups is 2. The molecule has 2 aliphatic rings. The number of nitrogens with one attached hydrogen (secondary N) is 1. The molecule has 2 fully saturated rings. The number of nitrogens with zero attached hydrogens (tertiary/aromatic N) is 1. The Kier molecular flexibility index (Phi) is 6.30. The number of hydrogen-bond donors (Lipinski definition) is 1. The molecular weight excluding hydrogens is 328 g/mol. The van der Waals surface area contributed by atoms with Crippen LogP contribution in [0.25, 0.3) is 0 Å². The van der Waals surface area contributed by atoms with Gasteiger partial charge < -0.3 is 15.0 Å². The molecule has 3 unspecified atom stereocenters. The second-order valence-corrected chi connectivity index (χ2v) is 7.71. The van der Waals surface area contributed by atoms with E-state index in [1.165, 1.54) is 0 Å². The molecule has 1 aliphatic carbocycles. The van der Waals surface area contributed by atoms with Crippen LogP contribution in [0.15, 0.2) is 30.3 Å². The Labute approximate surface area is 156 Å². The molecule has 3 rings (SSSR count). The largest absolute Gasteiger partial charge is 0.374 e. The van der Waals surface area contributed by atoms with Crippen LogP contribution >= 0.6 is 0 Å². The first-order valence-corrected chi connectivity index (χ1v) is 9.81. The highest BCUT2D eigenvalue weighted by Crippen LogP contribution is 2.27. The van der Waals surface area contributed by atoms with Crippen molar-refractivity contribution in [3.05, 3.63) is 35.9 Å². The molecule has 1 saturated heterocycles. The van der Waals surface area contributed by atoms with Crippen molar-refractivity contribution in [3.63, 3.8) is 0 Å². The average molecular weight is 358 g/mol. The van der Waals surface area contributed by atoms with E-state index in [2.05, 4.69) is 5.32 Å². The van der Waals surface area contributed by atoms with Gasteiger partial charge in [-0.05, 0) is 32.3 Å². The van der Waals surface area contributed by atoms with Crippen LogP contribution in [-0.2, 0) is 14.3 Å². The quantitative estimate of drug-likeness (QED) is 0.880. The van der Waals surface area contributed by atoms with Gasteiger partial charge in [-0.2, -0.15) is 0 Å². The van der Waals surface area contributed by atoms with Gasteiger partial charge in [0.05, 0.1) is 18.8 Å². The predicted molar refractivity (Wildman–Crippen MR) is 100 cm³/mol. The number of morpholine rings is 1. The molecule has 5 heteroatoms. The summed E-state index contributed by atoms with van der Waals surface area (Å²) >= 11 is 0. The molecule has 142 valence electrons. The number of benzene rings is 1. The van der Waals surface area contributed by atoms with E-state index < -0.39 is 0 Å². The molecule has 0 spiro atoms. The molecule has 0 bridgehead atoms. The van der Waals surface area contributed by atoms with Gasteiger partial charge in [0.15, 0.2) is 0 Å². The summed E-state index contributed by atoms with van der Waals surface area (Å²) in [6.45, 7) is 5.01. The maximum Gasteiger partial charge on any atom is 0.225 e. The monoisotopic (exact) mass is 358 g/mol. The van der Waals surface area contributed by atoms with Crippen LogP contribution in [0.3, 0.4) is 0 Å². The number of hydrogen-bond acceptors (Lipinski definition) is 3. The van der Waals surface area contributed by atoms with Crippen molar-refractivity contribution in [2.45, 2.75) is 64.1 Å². The third-order valence-electron chi connectivity index (χ3n) is 5.47. The van der Waals surface area contributed by atoms with Gasteiger partial charge in [0, 0.05) is 24.9 Å². The standard InChI is InChI=1S/C21H30N2O3/c1-15(22-21(25)18-10-6-7-11-18)12-20(24)23-13-16(2)26-14-19(23)17-8-4-3-5-9-17/h3-5,8-9,15-16,18-19H,6-7,10-14H2,1-2H3,(H,22,25). The third-order valence-corrected chi connectivity index (χ3v) is 5.47. The lowest BCUT2D eigenvalue weighted by molar-refractivity contribution is -0.145. The van der Waals surface area contributed by atoms with Gasteiger partial charge in [-0.15, -0.1) is 0 Å². The van der Waals surface area contributed by atoms with Crippen LogP contribution in [-0.4, -0.2) is 42.0 Å². The van der Waals surface area contributed by atoms with Crippen LogP contribution in [0.1, 0.15) is 57.6 Å². The number of rotatable bonds is 5. The summed E-state index contributed by atoms with van der Waals surface area (Å²) in [5, 5.41) is 3.04. The predicted octanol–water partition coefficient (Wildman–Crippen LogP) is 3.06. The number of carbonyl (C=O) groups excluding carboxylic acids is 2. The lowest BCUT2D eigenvalue weighted by atomic mass is 10.0. The molecule has 2 amide bonds. The Balaban J connectivity index is 1.61. The average Bonchev–Trinajstić information content (AvgIpc) is 3.17. The van der Waals surface area contributed by atoms with Crippen LogP contribution in [0.2, 0.25) is 0 Å². The highest BCUT2D eigenvalue weighted by molar-refractivity contribution is 5.81. The summed E-state index contributed by atoms with van der Waals surface area (Å²) in [5.41, 5.74) is 1.09. The first kappa shape index (κ1) is 18.9. The molecule has 1 saturated carbocycles. The summed E-state index contributed by atoms with van der Waals surface area (Å²) in [7, 11) is 0. The number of ether oxygens (including phenoxy) is 1. The normalized spacial score (nSPS) is 25.1. The smallest absolute Gasteiger partial charge is 0.225 e. The van der Waals surface area contributed by atoms with Crippen LogP contribution < -0.4 is 5.32 Å². The molecule has 26 heavy (non-hydrogen) atoms. The van der Waals surface area contributed by atoms with Crippen molar-refractivity contribution in [3.8, 4) is 0 Å². The Bertz CT molecular complexity index is 613. The first-order chi connectivity index (χ1) is 12.5. The second kappa shape index (κ2) is 8.67. The minimum Gasteiger partial charge on any atom is -0.374 e. The second-order valence-electron chi connectivity index (χ2n) is 7.71. The highest BCUT2D eigenvalue weighted by atomic mass is 16.5. The Hall–Kier alpha value is -1.88. The van der Waals surface area contributed by atoms with Crippen LogP contribution in [0.4, 0.5) is 0 Å². The van der Waals surface area contributed by atoms with Gasteiger partial charge in [-0.1, -0.05) is 43.2 Å². The fourth-order valence-electron chi connectivity index (χ4n) is 4.01. The molecule has 1 N–H and O–H groups in total. The van der Waals surface area contributed by atoms with Gasteiger partial charge in [0.2, 0.25) is 11.8 Å². The Morgan fingerprint density at radius 3 is 2.62 bits per heavy atom. The summed E-state index contributed by atoms with van der Waals surface area (Å²) in [6, 6.07) is 9.82. The van der Waals surface area contributed by atoms with E-state index in [1.807, 2.05) is 49.1 Å². The summed E-state index contributed by atoms with van der Waals surface area (Å²) < 4.78 is 5.80. The van der Waals surface area contributed by atoms with E-state index in [0.717, 1.165) is 31.2 Å². The summed E-state index contributed by atoms with van der Waals surface area (Å²) in [6.07, 6.45) is 4.58. The molecule has 1 aromatic carbocycles. The van der Waals surface area contributed by atoms with Gasteiger partial charge in [-0.3, -0.25) is 9.59 Å². The molecule has 3 atom stereocenters. The lowest BCUT2D eigenvalue weighted by Gasteiger charge is -2.39. The first-order valence-electron chi connectivity index (χ1n) is 9.81. The maximum absolute atomic E-state index is 13.0. The molecule has 5 nitrogen and oxygen atoms in total. The van der Waals surface area contributed by atoms with E-state index in [1.54, 1.807) is 0 Å². The number of amides is 2. The fraction of sp³-hybridized carbons (Fsp3) is 0.619. The zero-order chi connectivity index (χ0) is 18.5. The van der Waals surface area contributed by atoms with Crippen molar-refractivity contribution < 1.29 is 14.3 Å². The molecule has 0 aromatic heterocycles. The zero-order valence-corrected chi connectivity index (χ0v) is 15.8. The molecule has 0 radical (unpaired) electrons. The summed E-state index contributed by atoms with van der Waals surface area (Å²) in [5.74, 6) is 0.319. The van der Waals surface area contributed by atoms with Gasteiger partial charge in [0.1, 0.15) is 0 Å². The van der Waals surface area contributed by atoms with E-state index in [9.17, 15) is 9.59 Å². The lowest BCUT2D eigenvalue weighted by Crippen LogP contribution is -2.48. The van der Waals surface area contributed by atoms with Crippen molar-refractivity contribution in [2.75, 3.05) is 13.2 Å². The fourth-order valence-corrected chi connectivity index (χ4v) is 4.01. The Morgan fingerprint density at radius 1 is 1.23 bits per heavy atom. The molecular formula is C21H30N2O3. The maximum atomic E-state index is 13.0. The van der Waals surface area contributed by atoms with Gasteiger partial charge >= 0.3 is 0 Å². The molecule has 1 heterocycles. The van der Waals surface area contributed by atoms with Crippen molar-refractivity contribution in [1.29, 1.82) is 0 Å². The van der Waals surface area contributed by atoms with E-state index in [4.69, 9.17) is 4.74 Å². The zero-order valence-electron chi connectivity index (χ0n) is 15.8. The summed E-state index contributed by atoms with van der Waals surface area (Å²) in [4.78, 5) is 27.2. The van der Waals surface area contributed by atoms with Crippen molar-refractivity contribution >= 4 is 11.8 Å². The van der Waals surface area contributed by atoms with Gasteiger partial charge in [-0.25, -0.2) is 0 Å². The van der Waals surface area contributed by atoms with Crippen LogP contribution in [0, 0.1) is 5.92 Å². The topological polar surface area (TPSA) is 58.6 Å². The Morgan fingerprint density at radius 2 is 1.92 bits per heavy atom. The van der Waals surface area contributed by atoms with E-state index >= 15 is 0 Å². The molecule has 1 aliphatic heterocycles. The van der Waals surface area contributed by atoms with E-state index in [-0.39, 0.29) is 35.9 Å². The minimum atomic E-state index is -0.148. The van der Waals surface area contributed by atoms with Gasteiger partial charge in [0.25, 0.3) is 0 Å². The highest BCUT2D eigenvalue weighted by Gasteiger charge is 2.32. The van der Waals surface area contributed by atoms with Crippen molar-refractivity contribution in [1.82, 2.24) is 10.2 Å². The third kappa shape index (κ3) is 4.64. The van der Waals surface area contributed by atoms with E-state index in [0.29, 0.717) is 19.6 Å². The minimum absolute atomic E-state index is 0.0299.